The van der Waals surface area contributed by atoms with Gasteiger partial charge in [-0.25, -0.2) is 0 Å². The summed E-state index contributed by atoms with van der Waals surface area (Å²) in [5.74, 6) is -0.724. The number of benzene rings is 3. The molecule has 0 spiro atoms. The second kappa shape index (κ2) is 5.95. The number of fused-ring (bicyclic) bond motifs is 1. The van der Waals surface area contributed by atoms with Crippen molar-refractivity contribution in [2.45, 2.75) is 4.90 Å². The number of phenolic OH excluding ortho intramolecular Hbond substituents is 1. The summed E-state index contributed by atoms with van der Waals surface area (Å²) in [5.41, 5.74) is 0.892. The van der Waals surface area contributed by atoms with Gasteiger partial charge in [0.15, 0.2) is 0 Å². The molecular weight excluding hydrogens is 330 g/mol. The minimum atomic E-state index is -4.50. The zero-order chi connectivity index (χ0) is 17.3. The molecule has 0 aliphatic rings. The number of carbonyl (C=O) groups excluding carboxylic acids is 1. The third kappa shape index (κ3) is 3.22. The Kier molecular flexibility index (Phi) is 3.96. The van der Waals surface area contributed by atoms with E-state index in [-0.39, 0.29) is 5.91 Å². The van der Waals surface area contributed by atoms with E-state index in [1.165, 1.54) is 18.2 Å². The first-order valence-corrected chi connectivity index (χ1v) is 8.31. The van der Waals surface area contributed by atoms with Crippen LogP contribution in [0.25, 0.3) is 10.8 Å². The van der Waals surface area contributed by atoms with Gasteiger partial charge >= 0.3 is 0 Å². The number of amides is 1. The standard InChI is InChI=1S/C17H12NO5S/c19-16-10-14(24(21,22)23)9-12-8-13(6-7-15(12)16)18-17(20)11-4-2-1-3-5-11/h1-9,19H,(H,18,20)(H,21,22,23). The minimum Gasteiger partial charge on any atom is -0.507 e. The van der Waals surface area contributed by atoms with E-state index in [0.29, 0.717) is 22.0 Å². The van der Waals surface area contributed by atoms with Gasteiger partial charge in [0.1, 0.15) is 10.6 Å². The molecule has 6 nitrogen and oxygen atoms in total. The monoisotopic (exact) mass is 342 g/mol. The van der Waals surface area contributed by atoms with Crippen LogP contribution in [0.2, 0.25) is 0 Å². The van der Waals surface area contributed by atoms with Gasteiger partial charge < -0.3 is 10.4 Å². The summed E-state index contributed by atoms with van der Waals surface area (Å²) in [6, 6.07) is 16.6. The number of rotatable bonds is 3. The fourth-order valence-electron chi connectivity index (χ4n) is 2.27. The molecule has 24 heavy (non-hydrogen) atoms. The van der Waals surface area contributed by atoms with Gasteiger partial charge in [-0.3, -0.25) is 9.35 Å². The molecule has 0 aromatic heterocycles. The third-order valence-electron chi connectivity index (χ3n) is 3.41. The zero-order valence-corrected chi connectivity index (χ0v) is 13.0. The smallest absolute Gasteiger partial charge is 0.295 e. The molecule has 1 amide bonds. The van der Waals surface area contributed by atoms with E-state index in [1.807, 2.05) is 0 Å². The second-order valence-electron chi connectivity index (χ2n) is 5.08. The van der Waals surface area contributed by atoms with Crippen LogP contribution in [-0.2, 0) is 10.1 Å². The van der Waals surface area contributed by atoms with Crippen LogP contribution in [0.3, 0.4) is 0 Å². The van der Waals surface area contributed by atoms with Crippen LogP contribution in [0.1, 0.15) is 10.4 Å². The van der Waals surface area contributed by atoms with Gasteiger partial charge in [-0.05, 0) is 41.8 Å². The Bertz CT molecular complexity index is 1030. The van der Waals surface area contributed by atoms with Crippen molar-refractivity contribution in [3.63, 3.8) is 0 Å². The van der Waals surface area contributed by atoms with Crippen molar-refractivity contribution in [1.29, 1.82) is 0 Å². The lowest BCUT2D eigenvalue weighted by Crippen LogP contribution is -2.11. The van der Waals surface area contributed by atoms with E-state index in [4.69, 9.17) is 4.55 Å². The molecule has 0 aliphatic carbocycles. The maximum atomic E-state index is 12.1. The lowest BCUT2D eigenvalue weighted by molar-refractivity contribution is 0.102. The maximum absolute atomic E-state index is 12.1. The normalized spacial score (nSPS) is 11.4. The summed E-state index contributed by atoms with van der Waals surface area (Å²) >= 11 is 0. The Labute approximate surface area is 138 Å². The lowest BCUT2D eigenvalue weighted by Gasteiger charge is -2.08. The van der Waals surface area contributed by atoms with Crippen molar-refractivity contribution in [2.75, 3.05) is 5.32 Å². The predicted molar refractivity (Wildman–Crippen MR) is 88.7 cm³/mol. The fraction of sp³-hybridized carbons (Fsp3) is 0. The molecule has 0 aliphatic heterocycles. The Hall–Kier alpha value is -2.90. The fourth-order valence-corrected chi connectivity index (χ4v) is 2.77. The van der Waals surface area contributed by atoms with Crippen molar-refractivity contribution in [3.05, 3.63) is 66.2 Å². The van der Waals surface area contributed by atoms with Gasteiger partial charge in [-0.15, -0.1) is 0 Å². The summed E-state index contributed by atoms with van der Waals surface area (Å²) in [6.45, 7) is 0. The molecule has 3 aromatic rings. The van der Waals surface area contributed by atoms with Crippen LogP contribution in [-0.4, -0.2) is 24.0 Å². The number of hydrogen-bond acceptors (Lipinski definition) is 4. The summed E-state index contributed by atoms with van der Waals surface area (Å²) in [4.78, 5) is 11.6. The van der Waals surface area contributed by atoms with Gasteiger partial charge in [0.2, 0.25) is 0 Å². The predicted octanol–water partition coefficient (Wildman–Crippen LogP) is 2.84. The van der Waals surface area contributed by atoms with Crippen LogP contribution in [0, 0.1) is 6.07 Å². The van der Waals surface area contributed by atoms with E-state index in [2.05, 4.69) is 11.4 Å². The Morgan fingerprint density at radius 3 is 2.42 bits per heavy atom. The van der Waals surface area contributed by atoms with Gasteiger partial charge in [0, 0.05) is 16.6 Å². The van der Waals surface area contributed by atoms with Crippen LogP contribution in [0.15, 0.2) is 59.5 Å². The number of phenols is 1. The van der Waals surface area contributed by atoms with E-state index >= 15 is 0 Å². The van der Waals surface area contributed by atoms with E-state index in [9.17, 15) is 18.3 Å². The third-order valence-corrected chi connectivity index (χ3v) is 4.18. The van der Waals surface area contributed by atoms with Crippen LogP contribution in [0.4, 0.5) is 5.69 Å². The van der Waals surface area contributed by atoms with Gasteiger partial charge in [0.05, 0.1) is 6.07 Å². The SMILES string of the molecule is O=C(Nc1ccc2c(O)[c]c(S(=O)(=O)O)cc2c1)c1ccccc1. The highest BCUT2D eigenvalue weighted by atomic mass is 32.2. The summed E-state index contributed by atoms with van der Waals surface area (Å²) < 4.78 is 31.5. The van der Waals surface area contributed by atoms with Crippen LogP contribution < -0.4 is 5.32 Å². The Morgan fingerprint density at radius 2 is 1.75 bits per heavy atom. The highest BCUT2D eigenvalue weighted by Crippen LogP contribution is 2.30. The molecule has 0 atom stereocenters. The van der Waals surface area contributed by atoms with Crippen molar-refractivity contribution in [3.8, 4) is 5.75 Å². The topological polar surface area (TPSA) is 104 Å². The van der Waals surface area contributed by atoms with Gasteiger partial charge in [-0.2, -0.15) is 8.42 Å². The molecule has 7 heteroatoms. The number of anilines is 1. The van der Waals surface area contributed by atoms with Gasteiger partial charge in [-0.1, -0.05) is 18.2 Å². The summed E-state index contributed by atoms with van der Waals surface area (Å²) in [5, 5.41) is 13.2. The Morgan fingerprint density at radius 1 is 1.04 bits per heavy atom. The number of hydrogen-bond donors (Lipinski definition) is 3. The molecule has 0 saturated carbocycles. The quantitative estimate of drug-likeness (QED) is 0.635. The van der Waals surface area contributed by atoms with E-state index in [1.54, 1.807) is 36.4 Å². The van der Waals surface area contributed by atoms with Crippen LogP contribution >= 0.6 is 0 Å². The highest BCUT2D eigenvalue weighted by Gasteiger charge is 2.14. The largest absolute Gasteiger partial charge is 0.507 e. The summed E-state index contributed by atoms with van der Waals surface area (Å²) in [7, 11) is -4.50. The van der Waals surface area contributed by atoms with Crippen molar-refractivity contribution < 1.29 is 22.9 Å². The summed E-state index contributed by atoms with van der Waals surface area (Å²) in [6.07, 6.45) is 0. The van der Waals surface area contributed by atoms with Crippen molar-refractivity contribution in [1.82, 2.24) is 0 Å². The molecule has 0 unspecified atom stereocenters. The van der Waals surface area contributed by atoms with Gasteiger partial charge in [0.25, 0.3) is 16.0 Å². The molecule has 1 radical (unpaired) electrons. The minimum absolute atomic E-state index is 0.323. The average molecular weight is 342 g/mol. The lowest BCUT2D eigenvalue weighted by atomic mass is 10.1. The maximum Gasteiger partial charge on any atom is 0.295 e. The molecule has 3 aromatic carbocycles. The molecule has 3 N–H and O–H groups in total. The van der Waals surface area contributed by atoms with Crippen molar-refractivity contribution in [2.24, 2.45) is 0 Å². The molecule has 0 saturated heterocycles. The second-order valence-corrected chi connectivity index (χ2v) is 6.47. The molecule has 121 valence electrons. The molecular formula is C17H12NO5S. The van der Waals surface area contributed by atoms with Crippen LogP contribution in [0.5, 0.6) is 5.75 Å². The number of aromatic hydroxyl groups is 1. The molecule has 0 heterocycles. The van der Waals surface area contributed by atoms with E-state index in [0.717, 1.165) is 0 Å². The first-order valence-electron chi connectivity index (χ1n) is 6.87. The Balaban J connectivity index is 2.00. The number of nitrogens with one attached hydrogen (secondary N) is 1. The first-order chi connectivity index (χ1) is 11.3. The average Bonchev–Trinajstić information content (AvgIpc) is 2.54. The first kappa shape index (κ1) is 16.0. The zero-order valence-electron chi connectivity index (χ0n) is 12.2. The number of carbonyl (C=O) groups is 1. The molecule has 0 bridgehead atoms. The van der Waals surface area contributed by atoms with Crippen molar-refractivity contribution >= 4 is 32.5 Å². The molecule has 0 fully saturated rings. The molecule has 3 rings (SSSR count). The van der Waals surface area contributed by atoms with E-state index < -0.39 is 20.8 Å². The highest BCUT2D eigenvalue weighted by molar-refractivity contribution is 7.85.